The van der Waals surface area contributed by atoms with Crippen LogP contribution >= 0.6 is 12.4 Å². The summed E-state index contributed by atoms with van der Waals surface area (Å²) in [6.07, 6.45) is -0.379. The lowest BCUT2D eigenvalue weighted by Gasteiger charge is -2.27. The van der Waals surface area contributed by atoms with Gasteiger partial charge in [0, 0.05) is 19.5 Å². The van der Waals surface area contributed by atoms with Crippen LogP contribution in [-0.4, -0.2) is 49.5 Å². The third kappa shape index (κ3) is 6.00. The van der Waals surface area contributed by atoms with Crippen LogP contribution in [0.25, 0.3) is 0 Å². The average Bonchev–Trinajstić information content (AvgIpc) is 2.52. The molecule has 1 aliphatic heterocycles. The van der Waals surface area contributed by atoms with Crippen LogP contribution < -0.4 is 4.74 Å². The lowest BCUT2D eigenvalue weighted by molar-refractivity contribution is 0.0771. The maximum absolute atomic E-state index is 11.1. The molecule has 23 heavy (non-hydrogen) atoms. The van der Waals surface area contributed by atoms with Crippen LogP contribution in [0.2, 0.25) is 0 Å². The van der Waals surface area contributed by atoms with E-state index in [2.05, 4.69) is 4.74 Å². The van der Waals surface area contributed by atoms with Crippen LogP contribution in [0.5, 0.6) is 5.75 Å². The maximum Gasteiger partial charge on any atom is 0.513 e. The first-order valence-electron chi connectivity index (χ1n) is 7.17. The Balaban J connectivity index is 0.00000264. The van der Waals surface area contributed by atoms with Gasteiger partial charge in [-0.15, -0.1) is 12.4 Å². The summed E-state index contributed by atoms with van der Waals surface area (Å²) in [6.45, 7) is 4.28. The Kier molecular flexibility index (Phi) is 7.71. The number of methoxy groups -OCH3 is 1. The number of carbonyl (C=O) groups excluding carboxylic acids is 1. The monoisotopic (exact) mass is 343 g/mol. The molecule has 0 spiro atoms. The van der Waals surface area contributed by atoms with Crippen LogP contribution in [0.4, 0.5) is 4.79 Å². The highest BCUT2D eigenvalue weighted by atomic mass is 35.5. The molecule has 0 unspecified atom stereocenters. The number of ether oxygens (including phenoxy) is 3. The largest absolute Gasteiger partial charge is 0.513 e. The molecule has 0 bridgehead atoms. The molecule has 2 rings (SSSR count). The van der Waals surface area contributed by atoms with E-state index in [4.69, 9.17) is 9.47 Å². The molecule has 1 aromatic carbocycles. The van der Waals surface area contributed by atoms with Gasteiger partial charge in [0.1, 0.15) is 18.1 Å². The molecule has 0 fully saturated rings. The van der Waals surface area contributed by atoms with E-state index >= 15 is 0 Å². The van der Waals surface area contributed by atoms with Crippen LogP contribution in [0.3, 0.4) is 0 Å². The minimum atomic E-state index is -0.820. The van der Waals surface area contributed by atoms with Crippen molar-refractivity contribution in [2.75, 3.05) is 33.4 Å². The molecular formula is C16H22ClNO5. The molecule has 0 saturated heterocycles. The molecule has 1 aromatic rings. The van der Waals surface area contributed by atoms with Crippen molar-refractivity contribution in [3.8, 4) is 5.75 Å². The third-order valence-electron chi connectivity index (χ3n) is 3.42. The van der Waals surface area contributed by atoms with Gasteiger partial charge in [0.25, 0.3) is 0 Å². The SMILES string of the molecule is COC(=O)OC1=C(O)CCN(CCOc2ccc(C)cc2)C1.Cl. The molecule has 128 valence electrons. The molecule has 0 atom stereocenters. The van der Waals surface area contributed by atoms with Crippen molar-refractivity contribution in [3.63, 3.8) is 0 Å². The highest BCUT2D eigenvalue weighted by Crippen LogP contribution is 2.17. The first-order valence-corrected chi connectivity index (χ1v) is 7.17. The quantitative estimate of drug-likeness (QED) is 0.829. The number of hydrogen-bond donors (Lipinski definition) is 1. The molecule has 0 amide bonds. The fourth-order valence-corrected chi connectivity index (χ4v) is 2.13. The second kappa shape index (κ2) is 9.27. The number of aliphatic hydroxyl groups excluding tert-OH is 1. The van der Waals surface area contributed by atoms with E-state index in [1.165, 1.54) is 12.7 Å². The predicted octanol–water partition coefficient (Wildman–Crippen LogP) is 3.05. The molecule has 1 N–H and O–H groups in total. The Morgan fingerprint density at radius 3 is 2.65 bits per heavy atom. The Labute approximate surface area is 142 Å². The van der Waals surface area contributed by atoms with Gasteiger partial charge in [0.05, 0.1) is 13.7 Å². The van der Waals surface area contributed by atoms with Crippen molar-refractivity contribution < 1.29 is 24.1 Å². The minimum Gasteiger partial charge on any atom is -0.509 e. The molecule has 0 saturated carbocycles. The molecule has 0 radical (unpaired) electrons. The van der Waals surface area contributed by atoms with Gasteiger partial charge in [-0.3, -0.25) is 4.90 Å². The van der Waals surface area contributed by atoms with Gasteiger partial charge in [-0.2, -0.15) is 0 Å². The topological polar surface area (TPSA) is 68.2 Å². The average molecular weight is 344 g/mol. The summed E-state index contributed by atoms with van der Waals surface area (Å²) in [5.41, 5.74) is 1.19. The third-order valence-corrected chi connectivity index (χ3v) is 3.42. The maximum atomic E-state index is 11.1. The summed E-state index contributed by atoms with van der Waals surface area (Å²) in [4.78, 5) is 13.2. The van der Waals surface area contributed by atoms with E-state index in [0.29, 0.717) is 32.7 Å². The van der Waals surface area contributed by atoms with Gasteiger partial charge in [0.15, 0.2) is 5.76 Å². The van der Waals surface area contributed by atoms with Crippen molar-refractivity contribution in [1.82, 2.24) is 4.90 Å². The van der Waals surface area contributed by atoms with E-state index in [0.717, 1.165) is 5.75 Å². The van der Waals surface area contributed by atoms with Crippen LogP contribution in [0.1, 0.15) is 12.0 Å². The summed E-state index contributed by atoms with van der Waals surface area (Å²) in [7, 11) is 1.23. The fourth-order valence-electron chi connectivity index (χ4n) is 2.13. The predicted molar refractivity (Wildman–Crippen MR) is 88.1 cm³/mol. The van der Waals surface area contributed by atoms with Gasteiger partial charge in [-0.25, -0.2) is 4.79 Å². The second-order valence-electron chi connectivity index (χ2n) is 5.11. The van der Waals surface area contributed by atoms with Crippen LogP contribution in [-0.2, 0) is 9.47 Å². The van der Waals surface area contributed by atoms with Crippen molar-refractivity contribution in [2.24, 2.45) is 0 Å². The molecular weight excluding hydrogens is 322 g/mol. The second-order valence-corrected chi connectivity index (χ2v) is 5.11. The Hall–Kier alpha value is -1.92. The van der Waals surface area contributed by atoms with Gasteiger partial charge in [-0.1, -0.05) is 17.7 Å². The lowest BCUT2D eigenvalue weighted by atomic mass is 10.2. The number of rotatable bonds is 5. The van der Waals surface area contributed by atoms with Gasteiger partial charge < -0.3 is 19.3 Å². The van der Waals surface area contributed by atoms with Crippen LogP contribution in [0.15, 0.2) is 35.8 Å². The summed E-state index contributed by atoms with van der Waals surface area (Å²) >= 11 is 0. The first kappa shape index (κ1) is 19.1. The highest BCUT2D eigenvalue weighted by molar-refractivity contribution is 5.85. The number of benzene rings is 1. The van der Waals surface area contributed by atoms with Crippen molar-refractivity contribution in [2.45, 2.75) is 13.3 Å². The zero-order valence-electron chi connectivity index (χ0n) is 13.3. The van der Waals surface area contributed by atoms with Gasteiger partial charge in [-0.05, 0) is 19.1 Å². The zero-order chi connectivity index (χ0) is 15.9. The Morgan fingerprint density at radius 2 is 2.00 bits per heavy atom. The molecule has 0 aliphatic carbocycles. The summed E-state index contributed by atoms with van der Waals surface area (Å²) in [5.74, 6) is 1.17. The van der Waals surface area contributed by atoms with Crippen molar-refractivity contribution in [1.29, 1.82) is 0 Å². The summed E-state index contributed by atoms with van der Waals surface area (Å²) in [5, 5.41) is 9.75. The number of hydrogen-bond acceptors (Lipinski definition) is 6. The number of carbonyl (C=O) groups is 1. The molecule has 6 nitrogen and oxygen atoms in total. The van der Waals surface area contributed by atoms with E-state index < -0.39 is 6.16 Å². The summed E-state index contributed by atoms with van der Waals surface area (Å²) in [6, 6.07) is 7.87. The standard InChI is InChI=1S/C16H21NO5.ClH/c1-12-3-5-13(6-4-12)21-10-9-17-8-7-14(18)15(11-17)22-16(19)20-2;/h3-6,18H,7-11H2,1-2H3;1H. The number of aliphatic hydroxyl groups is 1. The van der Waals surface area contributed by atoms with Crippen molar-refractivity contribution >= 4 is 18.6 Å². The smallest absolute Gasteiger partial charge is 0.509 e. The minimum absolute atomic E-state index is 0. The van der Waals surface area contributed by atoms with Gasteiger partial charge >= 0.3 is 6.16 Å². The fraction of sp³-hybridized carbons (Fsp3) is 0.438. The van der Waals surface area contributed by atoms with Crippen molar-refractivity contribution in [3.05, 3.63) is 41.3 Å². The lowest BCUT2D eigenvalue weighted by Crippen LogP contribution is -2.36. The Bertz CT molecular complexity index is 544. The first-order chi connectivity index (χ1) is 10.6. The van der Waals surface area contributed by atoms with E-state index in [1.54, 1.807) is 0 Å². The van der Waals surface area contributed by atoms with Crippen LogP contribution in [0, 0.1) is 6.92 Å². The van der Waals surface area contributed by atoms with E-state index in [-0.39, 0.29) is 23.9 Å². The highest BCUT2D eigenvalue weighted by Gasteiger charge is 2.22. The Morgan fingerprint density at radius 1 is 1.30 bits per heavy atom. The molecule has 1 aliphatic rings. The molecule has 0 aromatic heterocycles. The molecule has 1 heterocycles. The normalized spacial score (nSPS) is 14.9. The number of nitrogens with zero attached hydrogens (tertiary/aromatic N) is 1. The number of halogens is 1. The van der Waals surface area contributed by atoms with Gasteiger partial charge in [0.2, 0.25) is 0 Å². The van der Waals surface area contributed by atoms with E-state index in [1.807, 2.05) is 36.1 Å². The van der Waals surface area contributed by atoms with E-state index in [9.17, 15) is 9.90 Å². The summed E-state index contributed by atoms with van der Waals surface area (Å²) < 4.78 is 15.1. The number of aryl methyl sites for hydroxylation is 1. The molecule has 7 heteroatoms. The zero-order valence-corrected chi connectivity index (χ0v) is 14.1.